The molecular weight excluding hydrogens is 218 g/mol. The Morgan fingerprint density at radius 2 is 2.35 bits per heavy atom. The van der Waals surface area contributed by atoms with Crippen molar-refractivity contribution in [3.8, 4) is 0 Å². The second-order valence-electron chi connectivity index (χ2n) is 3.85. The van der Waals surface area contributed by atoms with Gasteiger partial charge in [-0.15, -0.1) is 0 Å². The molecule has 0 aliphatic carbocycles. The van der Waals surface area contributed by atoms with Crippen molar-refractivity contribution in [1.29, 1.82) is 0 Å². The van der Waals surface area contributed by atoms with Gasteiger partial charge in [-0.1, -0.05) is 0 Å². The Labute approximate surface area is 102 Å². The summed E-state index contributed by atoms with van der Waals surface area (Å²) >= 11 is 0. The first-order valence-corrected chi connectivity index (χ1v) is 5.82. The smallest absolute Gasteiger partial charge is 0.239 e. The maximum Gasteiger partial charge on any atom is 0.239 e. The predicted molar refractivity (Wildman–Crippen MR) is 66.7 cm³/mol. The number of carbonyl (C=O) groups excluding carboxylic acids is 1. The summed E-state index contributed by atoms with van der Waals surface area (Å²) < 4.78 is 6.86. The van der Waals surface area contributed by atoms with Crippen molar-refractivity contribution < 1.29 is 9.53 Å². The molecule has 1 aromatic heterocycles. The van der Waals surface area contributed by atoms with Crippen LogP contribution in [0.1, 0.15) is 12.1 Å². The second kappa shape index (κ2) is 7.86. The van der Waals surface area contributed by atoms with E-state index in [4.69, 9.17) is 4.74 Å². The minimum Gasteiger partial charge on any atom is -0.385 e. The molecular formula is C12H21N3O2. The van der Waals surface area contributed by atoms with Crippen LogP contribution in [0.5, 0.6) is 0 Å². The van der Waals surface area contributed by atoms with Crippen molar-refractivity contribution in [1.82, 2.24) is 15.2 Å². The van der Waals surface area contributed by atoms with Crippen molar-refractivity contribution in [2.45, 2.75) is 19.5 Å². The fourth-order valence-electron chi connectivity index (χ4n) is 1.60. The van der Waals surface area contributed by atoms with Crippen molar-refractivity contribution in [3.05, 3.63) is 24.0 Å². The summed E-state index contributed by atoms with van der Waals surface area (Å²) in [6.07, 6.45) is 2.76. The highest BCUT2D eigenvalue weighted by Gasteiger charge is 2.05. The number of rotatable bonds is 8. The van der Waals surface area contributed by atoms with Crippen LogP contribution in [0.25, 0.3) is 0 Å². The number of aromatic nitrogens is 1. The summed E-state index contributed by atoms with van der Waals surface area (Å²) in [7, 11) is 3.55. The van der Waals surface area contributed by atoms with Crippen molar-refractivity contribution in [3.63, 3.8) is 0 Å². The molecule has 0 fully saturated rings. The molecule has 96 valence electrons. The first-order valence-electron chi connectivity index (χ1n) is 5.82. The van der Waals surface area contributed by atoms with Crippen molar-refractivity contribution in [2.75, 3.05) is 27.3 Å². The van der Waals surface area contributed by atoms with Gasteiger partial charge in [-0.25, -0.2) is 0 Å². The van der Waals surface area contributed by atoms with E-state index in [1.54, 1.807) is 7.11 Å². The zero-order valence-corrected chi connectivity index (χ0v) is 10.5. The summed E-state index contributed by atoms with van der Waals surface area (Å²) in [6, 6.07) is 3.96. The molecule has 1 amide bonds. The first-order chi connectivity index (χ1) is 8.27. The Hall–Kier alpha value is -1.33. The molecule has 0 unspecified atom stereocenters. The lowest BCUT2D eigenvalue weighted by molar-refractivity contribution is -0.121. The summed E-state index contributed by atoms with van der Waals surface area (Å²) in [6.45, 7) is 2.48. The van der Waals surface area contributed by atoms with E-state index in [-0.39, 0.29) is 5.91 Å². The molecule has 5 heteroatoms. The summed E-state index contributed by atoms with van der Waals surface area (Å²) in [5.41, 5.74) is 1.11. The van der Waals surface area contributed by atoms with E-state index in [9.17, 15) is 4.79 Å². The SMILES string of the molecule is CNCc1cccn1CC(=O)NCCCOC. The van der Waals surface area contributed by atoms with Crippen LogP contribution in [0.15, 0.2) is 18.3 Å². The van der Waals surface area contributed by atoms with Crippen LogP contribution >= 0.6 is 0 Å². The third-order valence-corrected chi connectivity index (χ3v) is 2.44. The molecule has 0 atom stereocenters. The molecule has 0 aliphatic rings. The van der Waals surface area contributed by atoms with Crippen LogP contribution < -0.4 is 10.6 Å². The van der Waals surface area contributed by atoms with Gasteiger partial charge in [-0.2, -0.15) is 0 Å². The Bertz CT molecular complexity index is 336. The zero-order chi connectivity index (χ0) is 12.5. The van der Waals surface area contributed by atoms with E-state index in [0.29, 0.717) is 19.7 Å². The molecule has 5 nitrogen and oxygen atoms in total. The molecule has 1 rings (SSSR count). The number of nitrogens with one attached hydrogen (secondary N) is 2. The highest BCUT2D eigenvalue weighted by atomic mass is 16.5. The molecule has 0 spiro atoms. The lowest BCUT2D eigenvalue weighted by Gasteiger charge is -2.09. The van der Waals surface area contributed by atoms with Gasteiger partial charge in [-0.3, -0.25) is 4.79 Å². The molecule has 1 heterocycles. The summed E-state index contributed by atoms with van der Waals surface area (Å²) in [4.78, 5) is 11.6. The van der Waals surface area contributed by atoms with Crippen LogP contribution in [0.2, 0.25) is 0 Å². The maximum atomic E-state index is 11.6. The zero-order valence-electron chi connectivity index (χ0n) is 10.5. The minimum absolute atomic E-state index is 0.0367. The quantitative estimate of drug-likeness (QED) is 0.644. The monoisotopic (exact) mass is 239 g/mol. The Morgan fingerprint density at radius 1 is 1.53 bits per heavy atom. The third kappa shape index (κ3) is 5.01. The minimum atomic E-state index is 0.0367. The molecule has 0 saturated heterocycles. The number of methoxy groups -OCH3 is 1. The molecule has 1 aromatic rings. The fraction of sp³-hybridized carbons (Fsp3) is 0.583. The number of nitrogens with zero attached hydrogens (tertiary/aromatic N) is 1. The maximum absolute atomic E-state index is 11.6. The highest BCUT2D eigenvalue weighted by molar-refractivity contribution is 5.75. The number of hydrogen-bond donors (Lipinski definition) is 2. The molecule has 0 saturated carbocycles. The lowest BCUT2D eigenvalue weighted by Crippen LogP contribution is -2.29. The van der Waals surface area contributed by atoms with Crippen LogP contribution in [-0.4, -0.2) is 37.8 Å². The van der Waals surface area contributed by atoms with E-state index in [1.807, 2.05) is 29.9 Å². The average molecular weight is 239 g/mol. The van der Waals surface area contributed by atoms with E-state index in [2.05, 4.69) is 10.6 Å². The van der Waals surface area contributed by atoms with Gasteiger partial charge in [0, 0.05) is 38.7 Å². The van der Waals surface area contributed by atoms with Crippen LogP contribution in [0.4, 0.5) is 0 Å². The second-order valence-corrected chi connectivity index (χ2v) is 3.85. The highest BCUT2D eigenvalue weighted by Crippen LogP contribution is 2.01. The van der Waals surface area contributed by atoms with Crippen molar-refractivity contribution >= 4 is 5.91 Å². The largest absolute Gasteiger partial charge is 0.385 e. The van der Waals surface area contributed by atoms with E-state index >= 15 is 0 Å². The number of hydrogen-bond acceptors (Lipinski definition) is 3. The molecule has 0 bridgehead atoms. The fourth-order valence-corrected chi connectivity index (χ4v) is 1.60. The molecule has 0 radical (unpaired) electrons. The van der Waals surface area contributed by atoms with E-state index in [0.717, 1.165) is 18.7 Å². The topological polar surface area (TPSA) is 55.3 Å². The van der Waals surface area contributed by atoms with Gasteiger partial charge in [0.2, 0.25) is 5.91 Å². The third-order valence-electron chi connectivity index (χ3n) is 2.44. The number of carbonyl (C=O) groups is 1. The van der Waals surface area contributed by atoms with E-state index < -0.39 is 0 Å². The Balaban J connectivity index is 2.31. The Kier molecular flexibility index (Phi) is 6.35. The van der Waals surface area contributed by atoms with Gasteiger partial charge in [0.1, 0.15) is 6.54 Å². The summed E-state index contributed by atoms with van der Waals surface area (Å²) in [5.74, 6) is 0.0367. The first kappa shape index (κ1) is 13.7. The molecule has 0 aromatic carbocycles. The lowest BCUT2D eigenvalue weighted by atomic mass is 10.4. The van der Waals surface area contributed by atoms with Gasteiger partial charge < -0.3 is 19.9 Å². The predicted octanol–water partition coefficient (Wildman–Crippen LogP) is 0.360. The van der Waals surface area contributed by atoms with Crippen LogP contribution in [0.3, 0.4) is 0 Å². The molecule has 17 heavy (non-hydrogen) atoms. The van der Waals surface area contributed by atoms with Gasteiger partial charge in [-0.05, 0) is 25.6 Å². The Morgan fingerprint density at radius 3 is 3.06 bits per heavy atom. The van der Waals surface area contributed by atoms with Gasteiger partial charge >= 0.3 is 0 Å². The number of ether oxygens (including phenoxy) is 1. The molecule has 0 aliphatic heterocycles. The normalized spacial score (nSPS) is 10.5. The van der Waals surface area contributed by atoms with Crippen molar-refractivity contribution in [2.24, 2.45) is 0 Å². The van der Waals surface area contributed by atoms with Gasteiger partial charge in [0.15, 0.2) is 0 Å². The average Bonchev–Trinajstić information content (AvgIpc) is 2.73. The summed E-state index contributed by atoms with van der Waals surface area (Å²) in [5, 5.41) is 5.94. The standard InChI is InChI=1S/C12H21N3O2/c1-13-9-11-5-3-7-15(11)10-12(16)14-6-4-8-17-2/h3,5,7,13H,4,6,8-10H2,1-2H3,(H,14,16). The van der Waals surface area contributed by atoms with Gasteiger partial charge in [0.05, 0.1) is 0 Å². The number of amides is 1. The van der Waals surface area contributed by atoms with E-state index in [1.165, 1.54) is 0 Å². The van der Waals surface area contributed by atoms with Crippen LogP contribution in [0, 0.1) is 0 Å². The van der Waals surface area contributed by atoms with Gasteiger partial charge in [0.25, 0.3) is 0 Å². The van der Waals surface area contributed by atoms with Crippen LogP contribution in [-0.2, 0) is 22.6 Å². The molecule has 2 N–H and O–H groups in total.